The molecule has 1 aliphatic rings. The van der Waals surface area contributed by atoms with Crippen LogP contribution in [0.3, 0.4) is 0 Å². The maximum atomic E-state index is 10.4. The third kappa shape index (κ3) is 0.710. The van der Waals surface area contributed by atoms with Crippen LogP contribution in [0.15, 0.2) is 4.99 Å². The van der Waals surface area contributed by atoms with Gasteiger partial charge in [0, 0.05) is 6.92 Å². The number of nitrogens with zero attached hydrogens (tertiary/aromatic N) is 1. The monoisotopic (exact) mass is 113 g/mol. The lowest BCUT2D eigenvalue weighted by Crippen LogP contribution is -2.09. The van der Waals surface area contributed by atoms with E-state index in [2.05, 4.69) is 9.73 Å². The summed E-state index contributed by atoms with van der Waals surface area (Å²) in [7, 11) is 0. The van der Waals surface area contributed by atoms with Crippen molar-refractivity contribution >= 4 is 11.9 Å². The van der Waals surface area contributed by atoms with Crippen molar-refractivity contribution < 1.29 is 9.53 Å². The fourth-order valence-corrected chi connectivity index (χ4v) is 0.583. The van der Waals surface area contributed by atoms with Crippen molar-refractivity contribution in [3.8, 4) is 0 Å². The fraction of sp³-hybridized carbons (Fsp3) is 0.600. The number of cyclic esters (lactones) is 1. The Labute approximate surface area is 47.4 Å². The second kappa shape index (κ2) is 1.58. The summed E-state index contributed by atoms with van der Waals surface area (Å²) in [5.41, 5.74) is 0. The number of hydrogen-bond donors (Lipinski definition) is 0. The molecule has 0 radical (unpaired) electrons. The first-order chi connectivity index (χ1) is 3.70. The van der Waals surface area contributed by atoms with Gasteiger partial charge in [-0.05, 0) is 6.92 Å². The summed E-state index contributed by atoms with van der Waals surface area (Å²) < 4.78 is 4.58. The van der Waals surface area contributed by atoms with Crippen LogP contribution in [-0.4, -0.2) is 17.9 Å². The van der Waals surface area contributed by atoms with Gasteiger partial charge in [-0.2, -0.15) is 0 Å². The van der Waals surface area contributed by atoms with Crippen molar-refractivity contribution in [3.05, 3.63) is 0 Å². The summed E-state index contributed by atoms with van der Waals surface area (Å²) in [6, 6.07) is -0.282. The Morgan fingerprint density at radius 3 is 2.50 bits per heavy atom. The molecule has 1 heterocycles. The highest BCUT2D eigenvalue weighted by Crippen LogP contribution is 2.03. The topological polar surface area (TPSA) is 38.7 Å². The molecule has 1 atom stereocenters. The maximum Gasteiger partial charge on any atom is 0.337 e. The number of esters is 1. The first kappa shape index (κ1) is 5.28. The van der Waals surface area contributed by atoms with Gasteiger partial charge >= 0.3 is 5.97 Å². The lowest BCUT2D eigenvalue weighted by atomic mass is 10.4. The van der Waals surface area contributed by atoms with E-state index in [1.54, 1.807) is 13.8 Å². The number of hydrogen-bond acceptors (Lipinski definition) is 3. The lowest BCUT2D eigenvalue weighted by molar-refractivity contribution is -0.134. The molecule has 0 N–H and O–H groups in total. The zero-order chi connectivity index (χ0) is 6.15. The molecule has 0 fully saturated rings. The summed E-state index contributed by atoms with van der Waals surface area (Å²) in [4.78, 5) is 14.3. The normalized spacial score (nSPS) is 27.5. The van der Waals surface area contributed by atoms with E-state index in [1.807, 2.05) is 0 Å². The van der Waals surface area contributed by atoms with E-state index in [0.717, 1.165) is 0 Å². The first-order valence-corrected chi connectivity index (χ1v) is 2.46. The Morgan fingerprint density at radius 1 is 1.75 bits per heavy atom. The van der Waals surface area contributed by atoms with Gasteiger partial charge in [0.05, 0.1) is 0 Å². The van der Waals surface area contributed by atoms with Gasteiger partial charge < -0.3 is 4.74 Å². The summed E-state index contributed by atoms with van der Waals surface area (Å²) in [6.07, 6.45) is 0. The highest BCUT2D eigenvalue weighted by molar-refractivity contribution is 5.95. The minimum absolute atomic E-state index is 0.248. The highest BCUT2D eigenvalue weighted by atomic mass is 16.6. The van der Waals surface area contributed by atoms with Crippen molar-refractivity contribution in [2.24, 2.45) is 4.99 Å². The molecule has 1 aliphatic heterocycles. The van der Waals surface area contributed by atoms with Crippen molar-refractivity contribution in [2.45, 2.75) is 19.9 Å². The molecule has 3 heteroatoms. The molecule has 0 amide bonds. The second-order valence-electron chi connectivity index (χ2n) is 1.75. The number of ether oxygens (including phenoxy) is 1. The number of aliphatic imine (C=N–C) groups is 1. The second-order valence-corrected chi connectivity index (χ2v) is 1.75. The van der Waals surface area contributed by atoms with Gasteiger partial charge in [0.25, 0.3) is 0 Å². The van der Waals surface area contributed by atoms with Crippen LogP contribution in [0.2, 0.25) is 0 Å². The van der Waals surface area contributed by atoms with Gasteiger partial charge in [0.2, 0.25) is 0 Å². The average Bonchev–Trinajstić information content (AvgIpc) is 1.85. The standard InChI is InChI=1S/C5H7NO2/c1-3-5(7)8-4(2)6-3/h3H,1-2H3/t3-/m0/s1. The van der Waals surface area contributed by atoms with Gasteiger partial charge in [-0.1, -0.05) is 0 Å². The van der Waals surface area contributed by atoms with Crippen LogP contribution >= 0.6 is 0 Å². The van der Waals surface area contributed by atoms with Crippen LogP contribution in [0.5, 0.6) is 0 Å². The van der Waals surface area contributed by atoms with E-state index in [-0.39, 0.29) is 12.0 Å². The van der Waals surface area contributed by atoms with Gasteiger partial charge in [0.1, 0.15) is 6.04 Å². The van der Waals surface area contributed by atoms with Gasteiger partial charge in [-0.3, -0.25) is 0 Å². The van der Waals surface area contributed by atoms with E-state index >= 15 is 0 Å². The van der Waals surface area contributed by atoms with E-state index in [4.69, 9.17) is 0 Å². The highest BCUT2D eigenvalue weighted by Gasteiger charge is 2.20. The van der Waals surface area contributed by atoms with E-state index in [0.29, 0.717) is 5.90 Å². The van der Waals surface area contributed by atoms with Crippen LogP contribution in [0.25, 0.3) is 0 Å². The fourth-order valence-electron chi connectivity index (χ4n) is 0.583. The summed E-state index contributed by atoms with van der Waals surface area (Å²) in [5, 5.41) is 0. The molecule has 0 spiro atoms. The van der Waals surface area contributed by atoms with Gasteiger partial charge in [0.15, 0.2) is 5.90 Å². The quantitative estimate of drug-likeness (QED) is 0.425. The van der Waals surface area contributed by atoms with Crippen molar-refractivity contribution in [2.75, 3.05) is 0 Å². The Kier molecular flexibility index (Phi) is 1.04. The molecular formula is C5H7NO2. The largest absolute Gasteiger partial charge is 0.411 e. The molecule has 44 valence electrons. The van der Waals surface area contributed by atoms with Crippen LogP contribution in [0.1, 0.15) is 13.8 Å². The predicted octanol–water partition coefficient (Wildman–Crippen LogP) is 0.350. The van der Waals surface area contributed by atoms with Gasteiger partial charge in [-0.15, -0.1) is 0 Å². The minimum Gasteiger partial charge on any atom is -0.411 e. The van der Waals surface area contributed by atoms with Crippen LogP contribution in [0.4, 0.5) is 0 Å². The molecule has 0 aromatic rings. The molecule has 0 saturated heterocycles. The molecule has 0 aromatic carbocycles. The summed E-state index contributed by atoms with van der Waals surface area (Å²) in [5.74, 6) is 0.227. The van der Waals surface area contributed by atoms with E-state index in [1.165, 1.54) is 0 Å². The molecule has 0 aromatic heterocycles. The zero-order valence-electron chi connectivity index (χ0n) is 4.84. The third-order valence-corrected chi connectivity index (χ3v) is 0.965. The molecule has 0 bridgehead atoms. The summed E-state index contributed by atoms with van der Waals surface area (Å²) in [6.45, 7) is 3.38. The molecule has 0 aliphatic carbocycles. The molecule has 1 rings (SSSR count). The zero-order valence-corrected chi connectivity index (χ0v) is 4.84. The van der Waals surface area contributed by atoms with Crippen LogP contribution in [-0.2, 0) is 9.53 Å². The molecular weight excluding hydrogens is 106 g/mol. The maximum absolute atomic E-state index is 10.4. The van der Waals surface area contributed by atoms with Crippen molar-refractivity contribution in [1.82, 2.24) is 0 Å². The molecule has 8 heavy (non-hydrogen) atoms. The molecule has 0 saturated carbocycles. The first-order valence-electron chi connectivity index (χ1n) is 2.46. The van der Waals surface area contributed by atoms with Gasteiger partial charge in [-0.25, -0.2) is 9.79 Å². The molecule has 0 unspecified atom stereocenters. The SMILES string of the molecule is CC1=N[C@@H](C)C(=O)O1. The number of rotatable bonds is 0. The van der Waals surface area contributed by atoms with E-state index in [9.17, 15) is 4.79 Å². The Morgan fingerprint density at radius 2 is 2.38 bits per heavy atom. The Balaban J connectivity index is 2.69. The van der Waals surface area contributed by atoms with Crippen LogP contribution in [0, 0.1) is 0 Å². The van der Waals surface area contributed by atoms with Crippen LogP contribution < -0.4 is 0 Å². The Bertz CT molecular complexity index is 151. The van der Waals surface area contributed by atoms with E-state index < -0.39 is 0 Å². The summed E-state index contributed by atoms with van der Waals surface area (Å²) >= 11 is 0. The average molecular weight is 113 g/mol. The lowest BCUT2D eigenvalue weighted by Gasteiger charge is -1.88. The third-order valence-electron chi connectivity index (χ3n) is 0.965. The predicted molar refractivity (Wildman–Crippen MR) is 28.7 cm³/mol. The smallest absolute Gasteiger partial charge is 0.337 e. The number of carbonyl (C=O) groups excluding carboxylic acids is 1. The Hall–Kier alpha value is -0.860. The molecule has 3 nitrogen and oxygen atoms in total. The van der Waals surface area contributed by atoms with Crippen molar-refractivity contribution in [3.63, 3.8) is 0 Å². The number of carbonyl (C=O) groups is 1. The van der Waals surface area contributed by atoms with Crippen molar-refractivity contribution in [1.29, 1.82) is 0 Å². The minimum atomic E-state index is -0.282.